The number of aromatic nitrogens is 4. The average Bonchev–Trinajstić information content (AvgIpc) is 3.33. The molecule has 1 aromatic carbocycles. The first-order valence-electron chi connectivity index (χ1n) is 8.79. The fourth-order valence-corrected chi connectivity index (χ4v) is 3.36. The topological polar surface area (TPSA) is 67.9 Å². The molecule has 128 valence electrons. The summed E-state index contributed by atoms with van der Waals surface area (Å²) in [4.78, 5) is 15.8. The van der Waals surface area contributed by atoms with Gasteiger partial charge in [-0.1, -0.05) is 35.5 Å². The molecule has 0 saturated carbocycles. The smallest absolute Gasteiger partial charge is 0.227 e. The van der Waals surface area contributed by atoms with Crippen molar-refractivity contribution >= 4 is 0 Å². The van der Waals surface area contributed by atoms with Gasteiger partial charge in [-0.15, -0.1) is 0 Å². The number of aryl methyl sites for hydroxylation is 1. The molecule has 6 heteroatoms. The fraction of sp³-hybridized carbons (Fsp3) is 0.368. The molecule has 4 rings (SSSR count). The number of nitrogens with zero attached hydrogens (tertiary/aromatic N) is 5. The molecule has 0 spiro atoms. The second-order valence-corrected chi connectivity index (χ2v) is 6.28. The predicted molar refractivity (Wildman–Crippen MR) is 93.6 cm³/mol. The standard InChI is InChI=1S/C19H21N5O/c1-2-7-15(8-3-1)18-22-17(25-23-18)10-5-14-24-13-4-9-16(24)19-20-11-6-12-21-19/h1-3,6-8,11-12,16H,4-5,9-10,13-14H2/t16-/m0/s1. The zero-order valence-electron chi connectivity index (χ0n) is 14.1. The summed E-state index contributed by atoms with van der Waals surface area (Å²) >= 11 is 0. The van der Waals surface area contributed by atoms with E-state index >= 15 is 0 Å². The summed E-state index contributed by atoms with van der Waals surface area (Å²) in [5, 5.41) is 4.08. The molecule has 0 unspecified atom stereocenters. The molecule has 0 N–H and O–H groups in total. The van der Waals surface area contributed by atoms with Crippen molar-refractivity contribution in [3.8, 4) is 11.4 Å². The van der Waals surface area contributed by atoms with Gasteiger partial charge in [-0.2, -0.15) is 4.98 Å². The molecule has 1 aliphatic heterocycles. The Bertz CT molecular complexity index is 790. The predicted octanol–water partition coefficient (Wildman–Crippen LogP) is 3.30. The minimum Gasteiger partial charge on any atom is -0.339 e. The minimum absolute atomic E-state index is 0.337. The van der Waals surface area contributed by atoms with Crippen molar-refractivity contribution in [1.82, 2.24) is 25.0 Å². The van der Waals surface area contributed by atoms with Crippen molar-refractivity contribution in [2.75, 3.05) is 13.1 Å². The number of likely N-dealkylation sites (tertiary alicyclic amines) is 1. The van der Waals surface area contributed by atoms with Crippen LogP contribution in [-0.2, 0) is 6.42 Å². The lowest BCUT2D eigenvalue weighted by molar-refractivity contribution is 0.241. The quantitative estimate of drug-likeness (QED) is 0.688. The molecule has 1 atom stereocenters. The van der Waals surface area contributed by atoms with E-state index in [0.29, 0.717) is 17.8 Å². The van der Waals surface area contributed by atoms with Gasteiger partial charge in [0, 0.05) is 24.4 Å². The highest BCUT2D eigenvalue weighted by Gasteiger charge is 2.27. The molecule has 0 aliphatic carbocycles. The van der Waals surface area contributed by atoms with Crippen molar-refractivity contribution < 1.29 is 4.52 Å². The van der Waals surface area contributed by atoms with Crippen molar-refractivity contribution in [3.05, 3.63) is 60.5 Å². The van der Waals surface area contributed by atoms with Crippen LogP contribution in [0.25, 0.3) is 11.4 Å². The maximum Gasteiger partial charge on any atom is 0.227 e. The van der Waals surface area contributed by atoms with Gasteiger partial charge in [-0.05, 0) is 38.4 Å². The van der Waals surface area contributed by atoms with Crippen LogP contribution in [0.4, 0.5) is 0 Å². The Hall–Kier alpha value is -2.60. The van der Waals surface area contributed by atoms with E-state index in [-0.39, 0.29) is 0 Å². The molecule has 3 heterocycles. The molecule has 6 nitrogen and oxygen atoms in total. The Morgan fingerprint density at radius 1 is 1.08 bits per heavy atom. The van der Waals surface area contributed by atoms with Crippen LogP contribution in [0, 0.1) is 0 Å². The molecular weight excluding hydrogens is 314 g/mol. The molecule has 0 bridgehead atoms. The third-order valence-corrected chi connectivity index (χ3v) is 4.58. The number of rotatable bonds is 6. The van der Waals surface area contributed by atoms with E-state index in [9.17, 15) is 0 Å². The maximum absolute atomic E-state index is 5.39. The summed E-state index contributed by atoms with van der Waals surface area (Å²) in [5.41, 5.74) is 0.985. The number of benzene rings is 1. The Balaban J connectivity index is 1.33. The first-order chi connectivity index (χ1) is 12.4. The van der Waals surface area contributed by atoms with Gasteiger partial charge in [-0.3, -0.25) is 4.90 Å². The summed E-state index contributed by atoms with van der Waals surface area (Å²) in [5.74, 6) is 2.29. The fourth-order valence-electron chi connectivity index (χ4n) is 3.36. The lowest BCUT2D eigenvalue weighted by Gasteiger charge is -2.22. The second kappa shape index (κ2) is 7.53. The van der Waals surface area contributed by atoms with E-state index in [4.69, 9.17) is 4.52 Å². The molecule has 1 saturated heterocycles. The van der Waals surface area contributed by atoms with E-state index in [1.807, 2.05) is 48.8 Å². The zero-order valence-corrected chi connectivity index (χ0v) is 14.1. The second-order valence-electron chi connectivity index (χ2n) is 6.28. The monoisotopic (exact) mass is 335 g/mol. The van der Waals surface area contributed by atoms with E-state index in [0.717, 1.165) is 43.7 Å². The summed E-state index contributed by atoms with van der Waals surface area (Å²) < 4.78 is 5.39. The van der Waals surface area contributed by atoms with Crippen molar-refractivity contribution in [1.29, 1.82) is 0 Å². The van der Waals surface area contributed by atoms with E-state index in [2.05, 4.69) is 25.0 Å². The van der Waals surface area contributed by atoms with E-state index in [1.54, 1.807) is 0 Å². The minimum atomic E-state index is 0.337. The SMILES string of the molecule is c1ccc(-c2noc(CCCN3CCC[C@H]3c3ncccn3)n2)cc1. The Kier molecular flexibility index (Phi) is 4.79. The van der Waals surface area contributed by atoms with Gasteiger partial charge in [0.15, 0.2) is 0 Å². The van der Waals surface area contributed by atoms with Crippen LogP contribution in [0.15, 0.2) is 53.3 Å². The molecule has 1 fully saturated rings. The van der Waals surface area contributed by atoms with E-state index in [1.165, 1.54) is 6.42 Å². The average molecular weight is 335 g/mol. The van der Waals surface area contributed by atoms with Crippen LogP contribution in [0.1, 0.15) is 37.0 Å². The van der Waals surface area contributed by atoms with Gasteiger partial charge in [0.2, 0.25) is 11.7 Å². The van der Waals surface area contributed by atoms with E-state index < -0.39 is 0 Å². The van der Waals surface area contributed by atoms with Crippen molar-refractivity contribution in [2.24, 2.45) is 0 Å². The van der Waals surface area contributed by atoms with Gasteiger partial charge >= 0.3 is 0 Å². The summed E-state index contributed by atoms with van der Waals surface area (Å²) in [6, 6.07) is 12.1. The maximum atomic E-state index is 5.39. The highest BCUT2D eigenvalue weighted by Crippen LogP contribution is 2.29. The lowest BCUT2D eigenvalue weighted by atomic mass is 10.2. The molecule has 1 aliphatic rings. The summed E-state index contributed by atoms with van der Waals surface area (Å²) in [7, 11) is 0. The Morgan fingerprint density at radius 2 is 1.92 bits per heavy atom. The third-order valence-electron chi connectivity index (χ3n) is 4.58. The van der Waals surface area contributed by atoms with Crippen LogP contribution in [0.5, 0.6) is 0 Å². The largest absolute Gasteiger partial charge is 0.339 e. The Morgan fingerprint density at radius 3 is 2.76 bits per heavy atom. The molecule has 25 heavy (non-hydrogen) atoms. The number of hydrogen-bond acceptors (Lipinski definition) is 6. The third kappa shape index (κ3) is 3.74. The molecule has 2 aromatic heterocycles. The first kappa shape index (κ1) is 15.9. The van der Waals surface area contributed by atoms with Gasteiger partial charge < -0.3 is 4.52 Å². The Labute approximate surface area is 146 Å². The van der Waals surface area contributed by atoms with Crippen LogP contribution in [0.3, 0.4) is 0 Å². The zero-order chi connectivity index (χ0) is 16.9. The van der Waals surface area contributed by atoms with Gasteiger partial charge in [-0.25, -0.2) is 9.97 Å². The highest BCUT2D eigenvalue weighted by molar-refractivity contribution is 5.53. The van der Waals surface area contributed by atoms with Gasteiger partial charge in [0.1, 0.15) is 5.82 Å². The number of hydrogen-bond donors (Lipinski definition) is 0. The van der Waals surface area contributed by atoms with Crippen molar-refractivity contribution in [3.63, 3.8) is 0 Å². The molecular formula is C19H21N5O. The first-order valence-corrected chi connectivity index (χ1v) is 8.79. The van der Waals surface area contributed by atoms with Gasteiger partial charge in [0.25, 0.3) is 0 Å². The van der Waals surface area contributed by atoms with Crippen LogP contribution >= 0.6 is 0 Å². The van der Waals surface area contributed by atoms with Crippen LogP contribution in [0.2, 0.25) is 0 Å². The summed E-state index contributed by atoms with van der Waals surface area (Å²) in [6.07, 6.45) is 7.74. The normalized spacial score (nSPS) is 17.8. The highest BCUT2D eigenvalue weighted by atomic mass is 16.5. The van der Waals surface area contributed by atoms with Crippen LogP contribution < -0.4 is 0 Å². The lowest BCUT2D eigenvalue weighted by Crippen LogP contribution is -2.26. The molecule has 0 amide bonds. The molecule has 0 radical (unpaired) electrons. The molecule has 3 aromatic rings. The summed E-state index contributed by atoms with van der Waals surface area (Å²) in [6.45, 7) is 2.09. The van der Waals surface area contributed by atoms with Crippen LogP contribution in [-0.4, -0.2) is 38.1 Å². The van der Waals surface area contributed by atoms with Crippen molar-refractivity contribution in [2.45, 2.75) is 31.7 Å². The van der Waals surface area contributed by atoms with Gasteiger partial charge in [0.05, 0.1) is 6.04 Å².